The highest BCUT2D eigenvalue weighted by Gasteiger charge is 2.26. The highest BCUT2D eigenvalue weighted by atomic mass is 16.3. The van der Waals surface area contributed by atoms with Crippen LogP contribution < -0.4 is 9.80 Å². The zero-order chi connectivity index (χ0) is 72.3. The normalized spacial score (nSPS) is 11.8. The summed E-state index contributed by atoms with van der Waals surface area (Å²) in [5.74, 6) is 0. The van der Waals surface area contributed by atoms with Crippen molar-refractivity contribution in [2.75, 3.05) is 9.80 Å². The lowest BCUT2D eigenvalue weighted by atomic mass is 9.94. The van der Waals surface area contributed by atoms with Crippen LogP contribution in [0.25, 0.3) is 182 Å². The first kappa shape index (κ1) is 62.6. The predicted molar refractivity (Wildman–Crippen MR) is 460 cm³/mol. The van der Waals surface area contributed by atoms with Crippen molar-refractivity contribution in [2.45, 2.75) is 0 Å². The van der Waals surface area contributed by atoms with Crippen LogP contribution in [-0.2, 0) is 0 Å². The SMILES string of the molecule is c1cc(-c2ccc(N(c3ccc(-c4cccc5cc(-c6cccc7c6oc6c(-c8ccccc8N(c8ccc(-c9cccc%10ccccc9%10)cc8)c8ccc9c(c8)oc8ccccc89)cccc67)ccc45)cc3)c3ccccc3-c3cccc4c3oc3ccccc34)cc2)cc(-n2c3ccccc3c3ccccc32)c1. The highest BCUT2D eigenvalue weighted by molar-refractivity contribution is 6.16. The molecule has 0 bridgehead atoms. The molecule has 0 saturated heterocycles. The van der Waals surface area contributed by atoms with Gasteiger partial charge in [-0.3, -0.25) is 0 Å². The van der Waals surface area contributed by atoms with E-state index in [1.165, 1.54) is 38.1 Å². The van der Waals surface area contributed by atoms with Crippen LogP contribution in [0.4, 0.5) is 34.1 Å². The Morgan fingerprint density at radius 1 is 0.191 bits per heavy atom. The number of hydrogen-bond acceptors (Lipinski definition) is 5. The molecule has 6 heteroatoms. The van der Waals surface area contributed by atoms with Gasteiger partial charge in [0.1, 0.15) is 33.5 Å². The van der Waals surface area contributed by atoms with E-state index >= 15 is 0 Å². The van der Waals surface area contributed by atoms with Gasteiger partial charge < -0.3 is 27.6 Å². The maximum atomic E-state index is 7.35. The van der Waals surface area contributed by atoms with Crippen LogP contribution in [0.1, 0.15) is 0 Å². The number of benzene rings is 18. The molecular formula is C104H65N3O3. The van der Waals surface area contributed by atoms with Gasteiger partial charge in [-0.1, -0.05) is 285 Å². The Labute approximate surface area is 633 Å². The summed E-state index contributed by atoms with van der Waals surface area (Å²) in [5.41, 5.74) is 27.8. The van der Waals surface area contributed by atoms with Crippen LogP contribution in [0.5, 0.6) is 0 Å². The van der Waals surface area contributed by atoms with E-state index in [0.29, 0.717) is 0 Å². The van der Waals surface area contributed by atoms with Crippen LogP contribution in [0.3, 0.4) is 0 Å². The molecule has 0 atom stereocenters. The smallest absolute Gasteiger partial charge is 0.143 e. The van der Waals surface area contributed by atoms with Crippen LogP contribution in [0.15, 0.2) is 408 Å². The second-order valence-electron chi connectivity index (χ2n) is 28.6. The van der Waals surface area contributed by atoms with Gasteiger partial charge >= 0.3 is 0 Å². The zero-order valence-electron chi connectivity index (χ0n) is 59.6. The third-order valence-corrected chi connectivity index (χ3v) is 22.4. The van der Waals surface area contributed by atoms with E-state index in [0.717, 1.165) is 178 Å². The molecule has 4 heterocycles. The first-order chi connectivity index (χ1) is 54.5. The molecule has 0 N–H and O–H groups in total. The van der Waals surface area contributed by atoms with Crippen molar-refractivity contribution in [3.63, 3.8) is 0 Å². The molecule has 22 rings (SSSR count). The highest BCUT2D eigenvalue weighted by Crippen LogP contribution is 2.50. The van der Waals surface area contributed by atoms with E-state index < -0.39 is 0 Å². The number of rotatable bonds is 13. The molecule has 0 unspecified atom stereocenters. The van der Waals surface area contributed by atoms with Gasteiger partial charge in [0.15, 0.2) is 0 Å². The summed E-state index contributed by atoms with van der Waals surface area (Å²) in [7, 11) is 0. The summed E-state index contributed by atoms with van der Waals surface area (Å²) >= 11 is 0. The molecule has 0 radical (unpaired) electrons. The Balaban J connectivity index is 0.618. The average Bonchev–Trinajstić information content (AvgIpc) is 1.51. The first-order valence-corrected chi connectivity index (χ1v) is 37.5. The third-order valence-electron chi connectivity index (χ3n) is 22.4. The van der Waals surface area contributed by atoms with Crippen molar-refractivity contribution in [1.29, 1.82) is 0 Å². The molecule has 514 valence electrons. The molecule has 0 fully saturated rings. The van der Waals surface area contributed by atoms with Crippen molar-refractivity contribution in [2.24, 2.45) is 0 Å². The summed E-state index contributed by atoms with van der Waals surface area (Å²) in [4.78, 5) is 4.75. The lowest BCUT2D eigenvalue weighted by Crippen LogP contribution is -2.11. The van der Waals surface area contributed by atoms with Crippen molar-refractivity contribution >= 4 is 143 Å². The lowest BCUT2D eigenvalue weighted by Gasteiger charge is -2.28. The molecular weight excluding hydrogens is 1340 g/mol. The van der Waals surface area contributed by atoms with Crippen LogP contribution in [-0.4, -0.2) is 4.57 Å². The van der Waals surface area contributed by atoms with Gasteiger partial charge in [-0.2, -0.15) is 0 Å². The molecule has 22 aromatic rings. The Morgan fingerprint density at radius 3 is 1.22 bits per heavy atom. The van der Waals surface area contributed by atoms with Crippen molar-refractivity contribution in [1.82, 2.24) is 4.57 Å². The molecule has 0 aliphatic rings. The number of anilines is 6. The van der Waals surface area contributed by atoms with Gasteiger partial charge in [0.05, 0.1) is 22.4 Å². The molecule has 4 aromatic heterocycles. The van der Waals surface area contributed by atoms with Crippen LogP contribution >= 0.6 is 0 Å². The lowest BCUT2D eigenvalue weighted by molar-refractivity contribution is 0.669. The van der Waals surface area contributed by atoms with Crippen molar-refractivity contribution in [3.8, 4) is 72.4 Å². The monoisotopic (exact) mass is 1400 g/mol. The molecule has 0 saturated carbocycles. The quantitative estimate of drug-likeness (QED) is 0.115. The van der Waals surface area contributed by atoms with E-state index in [2.05, 4.69) is 390 Å². The van der Waals surface area contributed by atoms with E-state index in [1.807, 2.05) is 18.2 Å². The first-order valence-electron chi connectivity index (χ1n) is 37.5. The fourth-order valence-corrected chi connectivity index (χ4v) is 17.3. The Hall–Kier alpha value is -14.7. The van der Waals surface area contributed by atoms with Crippen molar-refractivity contribution in [3.05, 3.63) is 394 Å². The number of nitrogens with zero attached hydrogens (tertiary/aromatic N) is 3. The summed E-state index contributed by atoms with van der Waals surface area (Å²) in [5, 5.41) is 13.7. The van der Waals surface area contributed by atoms with Gasteiger partial charge in [0, 0.05) is 105 Å². The summed E-state index contributed by atoms with van der Waals surface area (Å²) in [6, 6.07) is 142. The minimum Gasteiger partial charge on any atom is -0.456 e. The maximum absolute atomic E-state index is 7.35. The number of furan rings is 3. The van der Waals surface area contributed by atoms with E-state index in [4.69, 9.17) is 13.3 Å². The minimum atomic E-state index is 0.827. The maximum Gasteiger partial charge on any atom is 0.143 e. The topological polar surface area (TPSA) is 50.8 Å². The Bertz CT molecular complexity index is 7360. The molecule has 18 aromatic carbocycles. The van der Waals surface area contributed by atoms with Crippen LogP contribution in [0.2, 0.25) is 0 Å². The van der Waals surface area contributed by atoms with E-state index in [9.17, 15) is 0 Å². The predicted octanol–water partition coefficient (Wildman–Crippen LogP) is 29.7. The minimum absolute atomic E-state index is 0.827. The fourth-order valence-electron chi connectivity index (χ4n) is 17.3. The second-order valence-corrected chi connectivity index (χ2v) is 28.6. The Kier molecular flexibility index (Phi) is 14.5. The molecule has 0 aliphatic carbocycles. The Morgan fingerprint density at radius 2 is 0.582 bits per heavy atom. The molecule has 0 amide bonds. The molecule has 6 nitrogen and oxygen atoms in total. The second kappa shape index (κ2) is 25.5. The van der Waals surface area contributed by atoms with Gasteiger partial charge in [-0.15, -0.1) is 0 Å². The van der Waals surface area contributed by atoms with Crippen LogP contribution in [0, 0.1) is 0 Å². The van der Waals surface area contributed by atoms with E-state index in [1.54, 1.807) is 0 Å². The summed E-state index contributed by atoms with van der Waals surface area (Å²) in [6.45, 7) is 0. The van der Waals surface area contributed by atoms with Gasteiger partial charge in [0.2, 0.25) is 0 Å². The van der Waals surface area contributed by atoms with Gasteiger partial charge in [0.25, 0.3) is 0 Å². The largest absolute Gasteiger partial charge is 0.456 e. The third kappa shape index (κ3) is 10.3. The average molecular weight is 1400 g/mol. The number of hydrogen-bond donors (Lipinski definition) is 0. The fraction of sp³-hybridized carbons (Fsp3) is 0. The van der Waals surface area contributed by atoms with E-state index in [-0.39, 0.29) is 0 Å². The standard InChI is InChI=1S/C104H65N3O3/c1-2-26-78-67(21-1)22-16-33-79(78)68-51-58-75(59-52-68)106(77-60-62-89-87-31-7-13-45-99(87)108-101(89)65-77)96-42-10-6-30-86(96)91-37-20-40-94-93-39-18-35-82(102(93)110-104(91)94)72-53-61-81-71(63-72)24-17-34-80(81)69-49-56-74(57-50-69)105(95-41-9-5-29-85(95)90-36-19-38-92-88-32-8-14-46-100(88)109-103(90)92)73-54-47-66(48-55-73)70-23-15-25-76(64-70)107-97-43-11-3-27-83(97)84-28-4-12-44-98(84)107/h1-65H. The van der Waals surface area contributed by atoms with Gasteiger partial charge in [-0.25, -0.2) is 0 Å². The number of aromatic nitrogens is 1. The van der Waals surface area contributed by atoms with Gasteiger partial charge in [-0.05, 0) is 164 Å². The number of para-hydroxylation sites is 9. The number of fused-ring (bicyclic) bond motifs is 14. The molecule has 0 aliphatic heterocycles. The summed E-state index contributed by atoms with van der Waals surface area (Å²) < 4.78 is 23.1. The van der Waals surface area contributed by atoms with Crippen molar-refractivity contribution < 1.29 is 13.3 Å². The molecule has 0 spiro atoms. The zero-order valence-corrected chi connectivity index (χ0v) is 59.6. The molecule has 110 heavy (non-hydrogen) atoms. The summed E-state index contributed by atoms with van der Waals surface area (Å²) in [6.07, 6.45) is 0.